The highest BCUT2D eigenvalue weighted by molar-refractivity contribution is 5.90. The number of carbonyl (C=O) groups excluding carboxylic acids is 1. The molecule has 0 atom stereocenters. The van der Waals surface area contributed by atoms with Gasteiger partial charge in [-0.25, -0.2) is 4.79 Å². The molecule has 2 N–H and O–H groups in total. The van der Waals surface area contributed by atoms with Gasteiger partial charge in [0.15, 0.2) is 0 Å². The molecule has 0 unspecified atom stereocenters. The van der Waals surface area contributed by atoms with E-state index in [1.54, 1.807) is 0 Å². The SMILES string of the molecule is CCCCCCCNC(=O)Nc1ccccc1CN(CC=C(C)CCC=C(C)C)c1ccc(N(C)C)cc1.Cl.Cl. The van der Waals surface area contributed by atoms with Crippen LogP contribution in [-0.4, -0.2) is 33.2 Å². The van der Waals surface area contributed by atoms with Crippen molar-refractivity contribution in [3.05, 3.63) is 77.4 Å². The van der Waals surface area contributed by atoms with Gasteiger partial charge in [0, 0.05) is 50.8 Å². The van der Waals surface area contributed by atoms with Gasteiger partial charge < -0.3 is 20.4 Å². The van der Waals surface area contributed by atoms with Crippen LogP contribution in [-0.2, 0) is 6.54 Å². The van der Waals surface area contributed by atoms with E-state index < -0.39 is 0 Å². The van der Waals surface area contributed by atoms with Crippen molar-refractivity contribution in [2.24, 2.45) is 0 Å². The highest BCUT2D eigenvalue weighted by Gasteiger charge is 2.12. The first-order valence-electron chi connectivity index (χ1n) is 14.2. The average molecular weight is 592 g/mol. The molecule has 5 nitrogen and oxygen atoms in total. The van der Waals surface area contributed by atoms with Crippen LogP contribution in [0, 0.1) is 0 Å². The number of carbonyl (C=O) groups is 1. The number of unbranched alkanes of at least 4 members (excludes halogenated alkanes) is 4. The summed E-state index contributed by atoms with van der Waals surface area (Å²) in [5.74, 6) is 0. The van der Waals surface area contributed by atoms with Crippen LogP contribution in [0.2, 0.25) is 0 Å². The van der Waals surface area contributed by atoms with E-state index in [-0.39, 0.29) is 30.8 Å². The number of halogens is 2. The number of hydrogen-bond acceptors (Lipinski definition) is 3. The van der Waals surface area contributed by atoms with E-state index in [1.165, 1.54) is 36.1 Å². The minimum Gasteiger partial charge on any atom is -0.378 e. The van der Waals surface area contributed by atoms with E-state index in [4.69, 9.17) is 0 Å². The number of benzene rings is 2. The second-order valence-electron chi connectivity index (χ2n) is 10.6. The Morgan fingerprint density at radius 3 is 2.15 bits per heavy atom. The minimum absolute atomic E-state index is 0. The Balaban J connectivity index is 0.00000760. The quantitative estimate of drug-likeness (QED) is 0.151. The fourth-order valence-corrected chi connectivity index (χ4v) is 4.26. The van der Waals surface area contributed by atoms with Gasteiger partial charge in [-0.05, 0) is 75.9 Å². The standard InChI is InChI=1S/C33H50N4O.2ClH/c1-7-8-9-10-13-24-34-33(38)35-32-18-12-11-17-29(32)26-37(25-23-28(4)16-14-15-27(2)3)31-21-19-30(20-22-31)36(5)6;;/h11-12,15,17-23H,7-10,13-14,16,24-26H2,1-6H3,(H2,34,35,38);2*1H. The first-order valence-corrected chi connectivity index (χ1v) is 14.2. The summed E-state index contributed by atoms with van der Waals surface area (Å²) in [5.41, 5.74) is 7.05. The van der Waals surface area contributed by atoms with Gasteiger partial charge in [-0.15, -0.1) is 24.8 Å². The lowest BCUT2D eigenvalue weighted by Gasteiger charge is -2.26. The molecule has 2 rings (SSSR count). The fourth-order valence-electron chi connectivity index (χ4n) is 4.26. The van der Waals surface area contributed by atoms with Gasteiger partial charge in [0.25, 0.3) is 0 Å². The van der Waals surface area contributed by atoms with E-state index in [0.29, 0.717) is 13.1 Å². The molecule has 0 heterocycles. The Hall–Kier alpha value is -2.63. The summed E-state index contributed by atoms with van der Waals surface area (Å²) in [6.45, 7) is 10.9. The number of nitrogens with zero attached hydrogens (tertiary/aromatic N) is 2. The van der Waals surface area contributed by atoms with E-state index in [9.17, 15) is 4.79 Å². The molecular weight excluding hydrogens is 539 g/mol. The first kappa shape index (κ1) is 37.4. The maximum atomic E-state index is 12.6. The number of rotatable bonds is 16. The van der Waals surface area contributed by atoms with E-state index in [0.717, 1.165) is 49.2 Å². The van der Waals surface area contributed by atoms with E-state index >= 15 is 0 Å². The van der Waals surface area contributed by atoms with Gasteiger partial charge in [-0.3, -0.25) is 0 Å². The summed E-state index contributed by atoms with van der Waals surface area (Å²) in [6.07, 6.45) is 12.7. The number of amides is 2. The Bertz CT molecular complexity index is 1030. The topological polar surface area (TPSA) is 47.6 Å². The highest BCUT2D eigenvalue weighted by Crippen LogP contribution is 2.25. The van der Waals surface area contributed by atoms with Crippen LogP contribution < -0.4 is 20.4 Å². The van der Waals surface area contributed by atoms with Crippen LogP contribution in [0.1, 0.15) is 78.2 Å². The number of allylic oxidation sites excluding steroid dienone is 3. The van der Waals surface area contributed by atoms with Crippen molar-refractivity contribution in [1.29, 1.82) is 0 Å². The van der Waals surface area contributed by atoms with Gasteiger partial charge in [0.1, 0.15) is 0 Å². The van der Waals surface area contributed by atoms with Crippen LogP contribution in [0.5, 0.6) is 0 Å². The number of para-hydroxylation sites is 1. The second-order valence-corrected chi connectivity index (χ2v) is 10.6. The van der Waals surface area contributed by atoms with Crippen molar-refractivity contribution in [1.82, 2.24) is 5.32 Å². The van der Waals surface area contributed by atoms with Crippen LogP contribution in [0.4, 0.5) is 21.9 Å². The Morgan fingerprint density at radius 1 is 0.850 bits per heavy atom. The molecule has 0 saturated carbocycles. The maximum absolute atomic E-state index is 12.6. The summed E-state index contributed by atoms with van der Waals surface area (Å²) >= 11 is 0. The van der Waals surface area contributed by atoms with Crippen molar-refractivity contribution < 1.29 is 4.79 Å². The molecule has 0 aliphatic carbocycles. The van der Waals surface area contributed by atoms with Crippen molar-refractivity contribution >= 4 is 47.9 Å². The Kier molecular flexibility index (Phi) is 19.8. The molecule has 0 fully saturated rings. The normalized spacial score (nSPS) is 10.6. The zero-order chi connectivity index (χ0) is 27.8. The molecule has 2 aromatic rings. The summed E-state index contributed by atoms with van der Waals surface area (Å²) in [7, 11) is 4.12. The molecule has 0 bridgehead atoms. The van der Waals surface area contributed by atoms with Crippen molar-refractivity contribution in [2.75, 3.05) is 42.3 Å². The lowest BCUT2D eigenvalue weighted by atomic mass is 10.1. The lowest BCUT2D eigenvalue weighted by Crippen LogP contribution is -2.30. The predicted octanol–water partition coefficient (Wildman–Crippen LogP) is 9.39. The number of nitrogens with one attached hydrogen (secondary N) is 2. The van der Waals surface area contributed by atoms with Crippen LogP contribution >= 0.6 is 24.8 Å². The van der Waals surface area contributed by atoms with Gasteiger partial charge in [-0.1, -0.05) is 74.1 Å². The summed E-state index contributed by atoms with van der Waals surface area (Å²) in [6, 6.07) is 16.7. The molecule has 0 aromatic heterocycles. The molecule has 2 amide bonds. The lowest BCUT2D eigenvalue weighted by molar-refractivity contribution is 0.252. The van der Waals surface area contributed by atoms with Gasteiger partial charge >= 0.3 is 6.03 Å². The maximum Gasteiger partial charge on any atom is 0.319 e. The molecule has 0 aliphatic rings. The zero-order valence-electron chi connectivity index (χ0n) is 25.5. The molecular formula is C33H52Cl2N4O. The first-order chi connectivity index (χ1) is 18.3. The minimum atomic E-state index is -0.134. The molecule has 0 radical (unpaired) electrons. The largest absolute Gasteiger partial charge is 0.378 e. The average Bonchev–Trinajstić information content (AvgIpc) is 2.89. The van der Waals surface area contributed by atoms with Gasteiger partial charge in [0.05, 0.1) is 0 Å². The highest BCUT2D eigenvalue weighted by atomic mass is 35.5. The third-order valence-electron chi connectivity index (χ3n) is 6.68. The summed E-state index contributed by atoms with van der Waals surface area (Å²) in [5, 5.41) is 6.11. The van der Waals surface area contributed by atoms with E-state index in [2.05, 4.69) is 105 Å². The fraction of sp³-hybridized carbons (Fsp3) is 0.485. The van der Waals surface area contributed by atoms with E-state index in [1.807, 2.05) is 18.2 Å². The van der Waals surface area contributed by atoms with Gasteiger partial charge in [0.2, 0.25) is 0 Å². The van der Waals surface area contributed by atoms with Crippen molar-refractivity contribution in [3.8, 4) is 0 Å². The Labute approximate surface area is 256 Å². The second kappa shape index (κ2) is 21.2. The zero-order valence-corrected chi connectivity index (χ0v) is 27.1. The van der Waals surface area contributed by atoms with Gasteiger partial charge in [-0.2, -0.15) is 0 Å². The molecule has 0 aliphatic heterocycles. The van der Waals surface area contributed by atoms with Crippen LogP contribution in [0.25, 0.3) is 0 Å². The molecule has 40 heavy (non-hydrogen) atoms. The monoisotopic (exact) mass is 590 g/mol. The number of urea groups is 1. The molecule has 7 heteroatoms. The predicted molar refractivity (Wildman–Crippen MR) is 181 cm³/mol. The van der Waals surface area contributed by atoms with Crippen molar-refractivity contribution in [3.63, 3.8) is 0 Å². The number of anilines is 3. The molecule has 0 saturated heterocycles. The van der Waals surface area contributed by atoms with Crippen molar-refractivity contribution in [2.45, 2.75) is 79.2 Å². The van der Waals surface area contributed by atoms with Crippen LogP contribution in [0.15, 0.2) is 71.8 Å². The summed E-state index contributed by atoms with van der Waals surface area (Å²) in [4.78, 5) is 17.1. The molecule has 0 spiro atoms. The van der Waals surface area contributed by atoms with Crippen LogP contribution in [0.3, 0.4) is 0 Å². The summed E-state index contributed by atoms with van der Waals surface area (Å²) < 4.78 is 0. The third kappa shape index (κ3) is 14.7. The third-order valence-corrected chi connectivity index (χ3v) is 6.68. The number of hydrogen-bond donors (Lipinski definition) is 2. The smallest absolute Gasteiger partial charge is 0.319 e. The molecule has 2 aromatic carbocycles. The molecule has 224 valence electrons. The Morgan fingerprint density at radius 2 is 1.50 bits per heavy atom.